The third-order valence-corrected chi connectivity index (χ3v) is 5.34. The van der Waals surface area contributed by atoms with Gasteiger partial charge in [0, 0.05) is 24.0 Å². The molecule has 28 heavy (non-hydrogen) atoms. The van der Waals surface area contributed by atoms with Gasteiger partial charge < -0.3 is 4.90 Å². The summed E-state index contributed by atoms with van der Waals surface area (Å²) in [6, 6.07) is 4.15. The number of alkyl halides is 3. The van der Waals surface area contributed by atoms with Crippen LogP contribution in [0.5, 0.6) is 0 Å². The molecule has 5 nitrogen and oxygen atoms in total. The number of thiazole rings is 1. The third-order valence-electron chi connectivity index (χ3n) is 4.58. The standard InChI is InChI=1S/C19H20F3N3O2S/c1-18(2)7-4-8-25(11-18)16(27)14-10-28-17(23-14)24-15(26)12-5-3-6-13(9-12)19(20,21)22/h3,5-6,9-10H,4,7-8,11H2,1-2H3,(H,23,24,26). The van der Waals surface area contributed by atoms with Gasteiger partial charge in [-0.15, -0.1) is 11.3 Å². The van der Waals surface area contributed by atoms with Gasteiger partial charge in [-0.3, -0.25) is 14.9 Å². The number of halogens is 3. The van der Waals surface area contributed by atoms with E-state index in [1.54, 1.807) is 10.3 Å². The van der Waals surface area contributed by atoms with Crippen LogP contribution in [0.2, 0.25) is 0 Å². The molecule has 3 rings (SSSR count). The minimum absolute atomic E-state index is 0.0461. The summed E-state index contributed by atoms with van der Waals surface area (Å²) >= 11 is 1.06. The zero-order chi connectivity index (χ0) is 20.5. The predicted molar refractivity (Wildman–Crippen MR) is 100 cm³/mol. The molecule has 2 aromatic rings. The molecule has 1 saturated heterocycles. The zero-order valence-electron chi connectivity index (χ0n) is 15.5. The highest BCUT2D eigenvalue weighted by atomic mass is 32.1. The minimum atomic E-state index is -4.53. The van der Waals surface area contributed by atoms with Gasteiger partial charge in [-0.05, 0) is 36.5 Å². The molecule has 9 heteroatoms. The highest BCUT2D eigenvalue weighted by Gasteiger charge is 2.32. The number of likely N-dealkylation sites (tertiary alicyclic amines) is 1. The van der Waals surface area contributed by atoms with Crippen LogP contribution in [0.1, 0.15) is 53.1 Å². The lowest BCUT2D eigenvalue weighted by molar-refractivity contribution is -0.137. The Morgan fingerprint density at radius 1 is 1.29 bits per heavy atom. The van der Waals surface area contributed by atoms with E-state index in [9.17, 15) is 22.8 Å². The monoisotopic (exact) mass is 411 g/mol. The average molecular weight is 411 g/mol. The first-order valence-corrected chi connectivity index (χ1v) is 9.67. The maximum atomic E-state index is 12.8. The molecule has 2 heterocycles. The summed E-state index contributed by atoms with van der Waals surface area (Å²) in [5.74, 6) is -0.915. The number of aromatic nitrogens is 1. The van der Waals surface area contributed by atoms with Crippen LogP contribution in [0.15, 0.2) is 29.6 Å². The van der Waals surface area contributed by atoms with Crippen LogP contribution in [-0.2, 0) is 6.18 Å². The Morgan fingerprint density at radius 3 is 2.71 bits per heavy atom. The van der Waals surface area contributed by atoms with E-state index in [-0.39, 0.29) is 27.7 Å². The van der Waals surface area contributed by atoms with Gasteiger partial charge in [0.2, 0.25) is 0 Å². The molecule has 1 aliphatic heterocycles. The smallest absolute Gasteiger partial charge is 0.337 e. The van der Waals surface area contributed by atoms with Gasteiger partial charge >= 0.3 is 6.18 Å². The summed E-state index contributed by atoms with van der Waals surface area (Å²) in [6.45, 7) is 5.50. The number of amides is 2. The van der Waals surface area contributed by atoms with Crippen molar-refractivity contribution in [3.8, 4) is 0 Å². The fourth-order valence-corrected chi connectivity index (χ4v) is 3.87. The molecule has 150 valence electrons. The Labute approximate surface area is 164 Å². The van der Waals surface area contributed by atoms with E-state index in [0.29, 0.717) is 13.1 Å². The van der Waals surface area contributed by atoms with Crippen molar-refractivity contribution >= 4 is 28.3 Å². The molecule has 1 aliphatic rings. The normalized spacial score (nSPS) is 16.7. The number of anilines is 1. The SMILES string of the molecule is CC1(C)CCCN(C(=O)c2csc(NC(=O)c3cccc(C(F)(F)F)c3)n2)C1. The van der Waals surface area contributed by atoms with Gasteiger partial charge in [0.05, 0.1) is 5.56 Å². The summed E-state index contributed by atoms with van der Waals surface area (Å²) in [5.41, 5.74) is -0.759. The molecular weight excluding hydrogens is 391 g/mol. The summed E-state index contributed by atoms with van der Waals surface area (Å²) in [6.07, 6.45) is -2.56. The largest absolute Gasteiger partial charge is 0.416 e. The van der Waals surface area contributed by atoms with Crippen molar-refractivity contribution in [3.63, 3.8) is 0 Å². The van der Waals surface area contributed by atoms with Gasteiger partial charge in [-0.25, -0.2) is 4.98 Å². The molecule has 2 amide bonds. The van der Waals surface area contributed by atoms with E-state index < -0.39 is 17.6 Å². The molecule has 0 unspecified atom stereocenters. The van der Waals surface area contributed by atoms with E-state index in [1.807, 2.05) is 0 Å². The maximum Gasteiger partial charge on any atom is 0.416 e. The van der Waals surface area contributed by atoms with E-state index in [0.717, 1.165) is 36.3 Å². The molecule has 0 spiro atoms. The second-order valence-electron chi connectivity index (χ2n) is 7.57. The maximum absolute atomic E-state index is 12.8. The fraction of sp³-hybridized carbons (Fsp3) is 0.421. The van der Waals surface area contributed by atoms with Gasteiger partial charge in [0.15, 0.2) is 5.13 Å². The zero-order valence-corrected chi connectivity index (χ0v) is 16.3. The molecule has 0 aliphatic carbocycles. The Morgan fingerprint density at radius 2 is 2.04 bits per heavy atom. The van der Waals surface area contributed by atoms with E-state index in [1.165, 1.54) is 12.1 Å². The number of benzene rings is 1. The average Bonchev–Trinajstić information content (AvgIpc) is 3.08. The first-order chi connectivity index (χ1) is 13.0. The van der Waals surface area contributed by atoms with E-state index in [4.69, 9.17) is 0 Å². The van der Waals surface area contributed by atoms with Crippen LogP contribution >= 0.6 is 11.3 Å². The Kier molecular flexibility index (Phi) is 5.47. The van der Waals surface area contributed by atoms with Crippen molar-refractivity contribution in [2.24, 2.45) is 5.41 Å². The first kappa shape index (κ1) is 20.3. The van der Waals surface area contributed by atoms with Gasteiger partial charge in [-0.2, -0.15) is 13.2 Å². The van der Waals surface area contributed by atoms with Crippen LogP contribution in [0.4, 0.5) is 18.3 Å². The van der Waals surface area contributed by atoms with Crippen molar-refractivity contribution < 1.29 is 22.8 Å². The van der Waals surface area contributed by atoms with Crippen LogP contribution in [0.3, 0.4) is 0 Å². The van der Waals surface area contributed by atoms with E-state index >= 15 is 0 Å². The third kappa shape index (κ3) is 4.70. The summed E-state index contributed by atoms with van der Waals surface area (Å²) in [7, 11) is 0. The molecule has 0 bridgehead atoms. The lowest BCUT2D eigenvalue weighted by Gasteiger charge is -2.37. The highest BCUT2D eigenvalue weighted by molar-refractivity contribution is 7.14. The number of hydrogen-bond donors (Lipinski definition) is 1. The van der Waals surface area contributed by atoms with Crippen molar-refractivity contribution in [1.29, 1.82) is 0 Å². The molecular formula is C19H20F3N3O2S. The predicted octanol–water partition coefficient (Wildman–Crippen LogP) is 4.68. The Hall–Kier alpha value is -2.42. The van der Waals surface area contributed by atoms with Crippen LogP contribution < -0.4 is 5.32 Å². The Bertz CT molecular complexity index is 893. The number of carbonyl (C=O) groups excluding carboxylic acids is 2. The molecule has 1 fully saturated rings. The molecule has 1 N–H and O–H groups in total. The summed E-state index contributed by atoms with van der Waals surface area (Å²) in [4.78, 5) is 30.8. The number of hydrogen-bond acceptors (Lipinski definition) is 4. The van der Waals surface area contributed by atoms with Gasteiger partial charge in [0.1, 0.15) is 5.69 Å². The van der Waals surface area contributed by atoms with Crippen LogP contribution in [-0.4, -0.2) is 34.8 Å². The molecule has 0 atom stereocenters. The highest BCUT2D eigenvalue weighted by Crippen LogP contribution is 2.31. The number of rotatable bonds is 3. The lowest BCUT2D eigenvalue weighted by Crippen LogP contribution is -2.43. The molecule has 1 aromatic carbocycles. The topological polar surface area (TPSA) is 62.3 Å². The molecule has 0 saturated carbocycles. The Balaban J connectivity index is 1.69. The van der Waals surface area contributed by atoms with Crippen molar-refractivity contribution in [3.05, 3.63) is 46.5 Å². The fourth-order valence-electron chi connectivity index (χ4n) is 3.19. The number of nitrogens with one attached hydrogen (secondary N) is 1. The summed E-state index contributed by atoms with van der Waals surface area (Å²) in [5, 5.41) is 4.18. The second-order valence-corrected chi connectivity index (χ2v) is 8.42. The van der Waals surface area contributed by atoms with Crippen molar-refractivity contribution in [1.82, 2.24) is 9.88 Å². The molecule has 0 radical (unpaired) electrons. The van der Waals surface area contributed by atoms with Crippen LogP contribution in [0.25, 0.3) is 0 Å². The van der Waals surface area contributed by atoms with Gasteiger partial charge in [0.25, 0.3) is 11.8 Å². The first-order valence-electron chi connectivity index (χ1n) is 8.79. The summed E-state index contributed by atoms with van der Waals surface area (Å²) < 4.78 is 38.4. The van der Waals surface area contributed by atoms with E-state index in [2.05, 4.69) is 24.1 Å². The van der Waals surface area contributed by atoms with Crippen molar-refractivity contribution in [2.75, 3.05) is 18.4 Å². The second kappa shape index (κ2) is 7.54. The number of nitrogens with zero attached hydrogens (tertiary/aromatic N) is 2. The van der Waals surface area contributed by atoms with Gasteiger partial charge in [-0.1, -0.05) is 19.9 Å². The molecule has 1 aromatic heterocycles. The van der Waals surface area contributed by atoms with Crippen LogP contribution in [0, 0.1) is 5.41 Å². The number of carbonyl (C=O) groups is 2. The van der Waals surface area contributed by atoms with Crippen molar-refractivity contribution in [2.45, 2.75) is 32.9 Å². The number of piperidine rings is 1. The lowest BCUT2D eigenvalue weighted by atomic mass is 9.84. The minimum Gasteiger partial charge on any atom is -0.337 e. The quantitative estimate of drug-likeness (QED) is 0.798.